The average Bonchev–Trinajstić information content (AvgIpc) is 2.41. The monoisotopic (exact) mass is 305 g/mol. The second kappa shape index (κ2) is 8.70. The summed E-state index contributed by atoms with van der Waals surface area (Å²) in [5.41, 5.74) is -0.0840. The van der Waals surface area contributed by atoms with Gasteiger partial charge in [-0.15, -0.1) is 0 Å². The molecule has 20 heavy (non-hydrogen) atoms. The zero-order valence-electron chi connectivity index (χ0n) is 10.9. The molecule has 0 radical (unpaired) electrons. The molecular formula is C12H18ClN2O5+. The van der Waals surface area contributed by atoms with Gasteiger partial charge in [0.25, 0.3) is 5.69 Å². The third-order valence-electron chi connectivity index (χ3n) is 2.77. The number of rotatable bonds is 9. The smallest absolute Gasteiger partial charge is 0.273 e. The van der Waals surface area contributed by atoms with Gasteiger partial charge < -0.3 is 19.8 Å². The Hall–Kier alpha value is -1.41. The maximum atomic E-state index is 10.7. The summed E-state index contributed by atoms with van der Waals surface area (Å²) in [4.78, 5) is 11.1. The van der Waals surface area contributed by atoms with Crippen molar-refractivity contribution in [3.63, 3.8) is 0 Å². The fraction of sp³-hybridized carbons (Fsp3) is 0.500. The molecule has 0 bridgehead atoms. The van der Waals surface area contributed by atoms with Crippen LogP contribution in [0.3, 0.4) is 0 Å². The van der Waals surface area contributed by atoms with Crippen LogP contribution in [0.2, 0.25) is 5.02 Å². The number of hydrogen-bond acceptors (Lipinski definition) is 5. The van der Waals surface area contributed by atoms with Gasteiger partial charge in [0, 0.05) is 6.07 Å². The number of aliphatic hydroxyl groups excluding tert-OH is 2. The van der Waals surface area contributed by atoms with Crippen molar-refractivity contribution < 1.29 is 24.8 Å². The molecule has 0 aliphatic heterocycles. The number of nitrogens with zero attached hydrogens (tertiary/aromatic N) is 1. The van der Waals surface area contributed by atoms with E-state index in [1.807, 2.05) is 0 Å². The van der Waals surface area contributed by atoms with Crippen LogP contribution >= 0.6 is 11.6 Å². The molecule has 0 aliphatic rings. The Morgan fingerprint density at radius 3 is 2.45 bits per heavy atom. The predicted octanol–water partition coefficient (Wildman–Crippen LogP) is -0.504. The van der Waals surface area contributed by atoms with Crippen LogP contribution in [0.1, 0.15) is 0 Å². The lowest BCUT2D eigenvalue weighted by molar-refractivity contribution is -0.900. The number of hydrogen-bond donors (Lipinski definition) is 3. The lowest BCUT2D eigenvalue weighted by Crippen LogP contribution is -3.13. The molecule has 0 aromatic heterocycles. The minimum atomic E-state index is -0.516. The standard InChI is InChI=1S/C12H17ClN2O5/c13-11-2-1-10(15(18)19)9-12(11)20-8-5-14(3-6-16)4-7-17/h1-2,9,16-17H,3-8H2/p+1. The first-order valence-corrected chi connectivity index (χ1v) is 6.58. The highest BCUT2D eigenvalue weighted by Crippen LogP contribution is 2.28. The Bertz CT molecular complexity index is 438. The maximum absolute atomic E-state index is 10.7. The zero-order valence-corrected chi connectivity index (χ0v) is 11.7. The van der Waals surface area contributed by atoms with E-state index in [2.05, 4.69) is 0 Å². The van der Waals surface area contributed by atoms with Gasteiger partial charge in [0.1, 0.15) is 32.0 Å². The minimum Gasteiger partial charge on any atom is -0.486 e. The van der Waals surface area contributed by atoms with Crippen LogP contribution in [0.25, 0.3) is 0 Å². The molecule has 0 saturated carbocycles. The van der Waals surface area contributed by atoms with Crippen LogP contribution in [0.15, 0.2) is 18.2 Å². The molecule has 1 aromatic carbocycles. The van der Waals surface area contributed by atoms with E-state index in [1.54, 1.807) is 0 Å². The van der Waals surface area contributed by atoms with Gasteiger partial charge in [-0.1, -0.05) is 11.6 Å². The van der Waals surface area contributed by atoms with E-state index < -0.39 is 4.92 Å². The molecule has 3 N–H and O–H groups in total. The molecule has 0 aliphatic carbocycles. The molecule has 0 unspecified atom stereocenters. The Morgan fingerprint density at radius 1 is 1.25 bits per heavy atom. The van der Waals surface area contributed by atoms with Crippen molar-refractivity contribution in [2.45, 2.75) is 0 Å². The maximum Gasteiger partial charge on any atom is 0.273 e. The SMILES string of the molecule is O=[N+]([O-])c1ccc(Cl)c(OCC[NH+](CCO)CCO)c1. The van der Waals surface area contributed by atoms with Gasteiger partial charge in [0.2, 0.25) is 0 Å². The predicted molar refractivity (Wildman–Crippen MR) is 73.3 cm³/mol. The van der Waals surface area contributed by atoms with Gasteiger partial charge in [-0.25, -0.2) is 0 Å². The lowest BCUT2D eigenvalue weighted by atomic mass is 10.3. The minimum absolute atomic E-state index is 0.0207. The van der Waals surface area contributed by atoms with Gasteiger partial charge in [-0.3, -0.25) is 10.1 Å². The molecule has 0 amide bonds. The summed E-state index contributed by atoms with van der Waals surface area (Å²) in [7, 11) is 0. The fourth-order valence-electron chi connectivity index (χ4n) is 1.71. The number of halogens is 1. The van der Waals surface area contributed by atoms with Crippen molar-refractivity contribution in [2.75, 3.05) is 39.5 Å². The van der Waals surface area contributed by atoms with Crippen molar-refractivity contribution in [2.24, 2.45) is 0 Å². The molecular weight excluding hydrogens is 288 g/mol. The Labute approximate surface area is 121 Å². The van der Waals surface area contributed by atoms with Crippen LogP contribution in [-0.2, 0) is 0 Å². The number of nitro groups is 1. The van der Waals surface area contributed by atoms with Crippen LogP contribution in [0.5, 0.6) is 5.75 Å². The highest BCUT2D eigenvalue weighted by atomic mass is 35.5. The van der Waals surface area contributed by atoms with Gasteiger partial charge in [-0.05, 0) is 6.07 Å². The van der Waals surface area contributed by atoms with E-state index in [0.29, 0.717) is 24.7 Å². The molecule has 8 heteroatoms. The van der Waals surface area contributed by atoms with Crippen molar-refractivity contribution in [3.8, 4) is 5.75 Å². The molecule has 7 nitrogen and oxygen atoms in total. The van der Waals surface area contributed by atoms with Gasteiger partial charge in [0.15, 0.2) is 0 Å². The highest BCUT2D eigenvalue weighted by Gasteiger charge is 2.12. The molecule has 0 heterocycles. The Kier molecular flexibility index (Phi) is 7.24. The zero-order chi connectivity index (χ0) is 15.0. The van der Waals surface area contributed by atoms with E-state index in [4.69, 9.17) is 26.6 Å². The number of aliphatic hydroxyl groups is 2. The summed E-state index contributed by atoms with van der Waals surface area (Å²) in [5, 5.41) is 28.7. The molecule has 1 aromatic rings. The van der Waals surface area contributed by atoms with E-state index >= 15 is 0 Å². The quantitative estimate of drug-likeness (QED) is 0.422. The molecule has 0 spiro atoms. The number of benzene rings is 1. The second-order valence-electron chi connectivity index (χ2n) is 4.17. The van der Waals surface area contributed by atoms with Crippen LogP contribution in [-0.4, -0.2) is 54.6 Å². The third kappa shape index (κ3) is 5.30. The molecule has 0 saturated heterocycles. The van der Waals surface area contributed by atoms with Gasteiger partial charge >= 0.3 is 0 Å². The van der Waals surface area contributed by atoms with Crippen molar-refractivity contribution in [3.05, 3.63) is 33.3 Å². The number of nitrogens with one attached hydrogen (secondary N) is 1. The first-order valence-electron chi connectivity index (χ1n) is 6.20. The summed E-state index contributed by atoms with van der Waals surface area (Å²) in [6.45, 7) is 1.90. The molecule has 0 atom stereocenters. The largest absolute Gasteiger partial charge is 0.486 e. The van der Waals surface area contributed by atoms with E-state index in [-0.39, 0.29) is 31.3 Å². The highest BCUT2D eigenvalue weighted by molar-refractivity contribution is 6.32. The first-order chi connectivity index (χ1) is 9.58. The first kappa shape index (κ1) is 16.6. The number of ether oxygens (including phenoxy) is 1. The fourth-order valence-corrected chi connectivity index (χ4v) is 1.88. The topological polar surface area (TPSA) is 97.3 Å². The summed E-state index contributed by atoms with van der Waals surface area (Å²) < 4.78 is 5.43. The number of nitro benzene ring substituents is 1. The van der Waals surface area contributed by atoms with Crippen molar-refractivity contribution >= 4 is 17.3 Å². The number of quaternary nitrogens is 1. The van der Waals surface area contributed by atoms with Crippen LogP contribution in [0, 0.1) is 10.1 Å². The van der Waals surface area contributed by atoms with Crippen molar-refractivity contribution in [1.29, 1.82) is 0 Å². The van der Waals surface area contributed by atoms with Crippen LogP contribution in [0.4, 0.5) is 5.69 Å². The third-order valence-corrected chi connectivity index (χ3v) is 3.08. The summed E-state index contributed by atoms with van der Waals surface area (Å²) in [5.74, 6) is 0.258. The lowest BCUT2D eigenvalue weighted by Gasteiger charge is -2.17. The normalized spacial score (nSPS) is 10.8. The Morgan fingerprint density at radius 2 is 1.90 bits per heavy atom. The van der Waals surface area contributed by atoms with E-state index in [1.165, 1.54) is 18.2 Å². The van der Waals surface area contributed by atoms with E-state index in [0.717, 1.165) is 4.90 Å². The number of non-ortho nitro benzene ring substituents is 1. The van der Waals surface area contributed by atoms with Gasteiger partial charge in [0.05, 0.1) is 29.2 Å². The second-order valence-corrected chi connectivity index (χ2v) is 4.57. The molecule has 1 rings (SSSR count). The van der Waals surface area contributed by atoms with Crippen LogP contribution < -0.4 is 9.64 Å². The summed E-state index contributed by atoms with van der Waals surface area (Å²) in [6.07, 6.45) is 0. The molecule has 0 fully saturated rings. The summed E-state index contributed by atoms with van der Waals surface area (Å²) in [6, 6.07) is 4.01. The Balaban J connectivity index is 2.56. The van der Waals surface area contributed by atoms with E-state index in [9.17, 15) is 10.1 Å². The van der Waals surface area contributed by atoms with Gasteiger partial charge in [-0.2, -0.15) is 0 Å². The van der Waals surface area contributed by atoms with Crippen molar-refractivity contribution in [1.82, 2.24) is 0 Å². The molecule has 112 valence electrons. The summed E-state index contributed by atoms with van der Waals surface area (Å²) >= 11 is 5.90. The average molecular weight is 306 g/mol.